The molecule has 0 saturated carbocycles. The summed E-state index contributed by atoms with van der Waals surface area (Å²) in [5.74, 6) is -1.84. The molecule has 0 amide bonds. The van der Waals surface area contributed by atoms with E-state index in [9.17, 15) is 19.8 Å². The maximum Gasteiger partial charge on any atom is 0.336 e. The molecule has 0 aliphatic rings. The summed E-state index contributed by atoms with van der Waals surface area (Å²) in [4.78, 5) is 22.6. The first kappa shape index (κ1) is 18.5. The topological polar surface area (TPSA) is 74.6 Å². The van der Waals surface area contributed by atoms with Crippen molar-refractivity contribution in [1.82, 2.24) is 0 Å². The largest absolute Gasteiger partial charge is 0.478 e. The van der Waals surface area contributed by atoms with Gasteiger partial charge in [0.1, 0.15) is 0 Å². The molecular weight excluding hydrogens is 316 g/mol. The van der Waals surface area contributed by atoms with Crippen LogP contribution in [0.2, 0.25) is 0 Å². The Labute approximate surface area is 147 Å². The van der Waals surface area contributed by atoms with E-state index in [0.717, 1.165) is 39.0 Å². The van der Waals surface area contributed by atoms with E-state index >= 15 is 0 Å². The third kappa shape index (κ3) is 3.79. The van der Waals surface area contributed by atoms with Gasteiger partial charge in [-0.3, -0.25) is 0 Å². The molecule has 0 spiro atoms. The van der Waals surface area contributed by atoms with Crippen LogP contribution in [0.4, 0.5) is 0 Å². The third-order valence-corrected chi connectivity index (χ3v) is 4.35. The standard InChI is InChI=1S/C21H22O4/c1-11(17-9-14(4)19(21(24)25)15(5)10-17)6-16-7-12(2)18(20(22)23)13(3)8-16/h6-10H,1-5H3,(H,22,23)(H,24,25). The van der Waals surface area contributed by atoms with Crippen LogP contribution in [-0.2, 0) is 0 Å². The number of carboxylic acid groups (broad SMARTS) is 2. The molecular formula is C21H22O4. The van der Waals surface area contributed by atoms with E-state index in [2.05, 4.69) is 0 Å². The molecule has 0 aliphatic carbocycles. The molecule has 2 aromatic carbocycles. The number of hydrogen-bond donors (Lipinski definition) is 2. The predicted octanol–water partition coefficient (Wildman–Crippen LogP) is 4.88. The van der Waals surface area contributed by atoms with Crippen molar-refractivity contribution in [2.24, 2.45) is 0 Å². The van der Waals surface area contributed by atoms with Crippen molar-refractivity contribution in [3.8, 4) is 0 Å². The average Bonchev–Trinajstić information content (AvgIpc) is 2.44. The van der Waals surface area contributed by atoms with Crippen molar-refractivity contribution in [3.05, 3.63) is 68.8 Å². The van der Waals surface area contributed by atoms with Crippen LogP contribution >= 0.6 is 0 Å². The van der Waals surface area contributed by atoms with Crippen LogP contribution in [0.15, 0.2) is 24.3 Å². The molecule has 2 aromatic rings. The minimum absolute atomic E-state index is 0.340. The summed E-state index contributed by atoms with van der Waals surface area (Å²) in [7, 11) is 0. The van der Waals surface area contributed by atoms with E-state index in [1.54, 1.807) is 27.7 Å². The average molecular weight is 338 g/mol. The van der Waals surface area contributed by atoms with Crippen LogP contribution in [0.3, 0.4) is 0 Å². The molecule has 0 fully saturated rings. The van der Waals surface area contributed by atoms with Gasteiger partial charge in [0.2, 0.25) is 0 Å². The van der Waals surface area contributed by atoms with Crippen molar-refractivity contribution in [2.75, 3.05) is 0 Å². The van der Waals surface area contributed by atoms with Crippen molar-refractivity contribution in [1.29, 1.82) is 0 Å². The highest BCUT2D eigenvalue weighted by Crippen LogP contribution is 2.25. The molecule has 4 nitrogen and oxygen atoms in total. The Hall–Kier alpha value is -2.88. The Morgan fingerprint density at radius 1 is 0.760 bits per heavy atom. The van der Waals surface area contributed by atoms with Crippen LogP contribution in [0.1, 0.15) is 61.0 Å². The SMILES string of the molecule is CC(=Cc1cc(C)c(C(=O)O)c(C)c1)c1cc(C)c(C(=O)O)c(C)c1. The maximum absolute atomic E-state index is 11.3. The van der Waals surface area contributed by atoms with Gasteiger partial charge in [0, 0.05) is 0 Å². The summed E-state index contributed by atoms with van der Waals surface area (Å²) in [5, 5.41) is 18.5. The highest BCUT2D eigenvalue weighted by Gasteiger charge is 2.13. The minimum Gasteiger partial charge on any atom is -0.478 e. The van der Waals surface area contributed by atoms with Crippen LogP contribution in [0.25, 0.3) is 11.6 Å². The summed E-state index contributed by atoms with van der Waals surface area (Å²) in [6.07, 6.45) is 1.99. The monoisotopic (exact) mass is 338 g/mol. The fraction of sp³-hybridized carbons (Fsp3) is 0.238. The third-order valence-electron chi connectivity index (χ3n) is 4.35. The molecule has 0 atom stereocenters. The van der Waals surface area contributed by atoms with Gasteiger partial charge in [-0.2, -0.15) is 0 Å². The Morgan fingerprint density at radius 2 is 1.12 bits per heavy atom. The first-order valence-corrected chi connectivity index (χ1v) is 7.99. The number of carboxylic acids is 2. The van der Waals surface area contributed by atoms with E-state index in [1.807, 2.05) is 37.3 Å². The molecule has 4 heteroatoms. The summed E-state index contributed by atoms with van der Waals surface area (Å²) in [6.45, 7) is 9.13. The van der Waals surface area contributed by atoms with Crippen molar-refractivity contribution in [2.45, 2.75) is 34.6 Å². The van der Waals surface area contributed by atoms with Crippen molar-refractivity contribution >= 4 is 23.6 Å². The van der Waals surface area contributed by atoms with Crippen LogP contribution in [0, 0.1) is 27.7 Å². The lowest BCUT2D eigenvalue weighted by Crippen LogP contribution is -2.04. The van der Waals surface area contributed by atoms with Gasteiger partial charge in [0.15, 0.2) is 0 Å². The second kappa shape index (κ2) is 6.93. The van der Waals surface area contributed by atoms with Gasteiger partial charge in [-0.25, -0.2) is 9.59 Å². The van der Waals surface area contributed by atoms with Gasteiger partial charge >= 0.3 is 11.9 Å². The Bertz CT molecular complexity index is 858. The summed E-state index contributed by atoms with van der Waals surface area (Å²) in [6, 6.07) is 7.44. The number of hydrogen-bond acceptors (Lipinski definition) is 2. The zero-order valence-corrected chi connectivity index (χ0v) is 15.1. The van der Waals surface area contributed by atoms with Crippen LogP contribution in [0.5, 0.6) is 0 Å². The molecule has 25 heavy (non-hydrogen) atoms. The highest BCUT2D eigenvalue weighted by atomic mass is 16.4. The number of allylic oxidation sites excluding steroid dienone is 1. The van der Waals surface area contributed by atoms with E-state index in [-0.39, 0.29) is 0 Å². The lowest BCUT2D eigenvalue weighted by atomic mass is 9.94. The lowest BCUT2D eigenvalue weighted by molar-refractivity contribution is 0.0684. The Balaban J connectivity index is 2.50. The quantitative estimate of drug-likeness (QED) is 0.779. The molecule has 0 radical (unpaired) electrons. The number of benzene rings is 2. The maximum atomic E-state index is 11.3. The highest BCUT2D eigenvalue weighted by molar-refractivity contribution is 5.93. The van der Waals surface area contributed by atoms with E-state index in [4.69, 9.17) is 0 Å². The van der Waals surface area contributed by atoms with Crippen molar-refractivity contribution < 1.29 is 19.8 Å². The van der Waals surface area contributed by atoms with E-state index in [1.165, 1.54) is 0 Å². The summed E-state index contributed by atoms with van der Waals surface area (Å²) < 4.78 is 0. The van der Waals surface area contributed by atoms with Crippen LogP contribution in [-0.4, -0.2) is 22.2 Å². The molecule has 0 unspecified atom stereocenters. The molecule has 0 heterocycles. The van der Waals surface area contributed by atoms with Gasteiger partial charge in [0.25, 0.3) is 0 Å². The predicted molar refractivity (Wildman–Crippen MR) is 99.3 cm³/mol. The Morgan fingerprint density at radius 3 is 1.48 bits per heavy atom. The molecule has 0 saturated heterocycles. The first-order chi connectivity index (χ1) is 11.6. The van der Waals surface area contributed by atoms with Gasteiger partial charge in [-0.1, -0.05) is 30.3 Å². The normalized spacial score (nSPS) is 11.5. The number of rotatable bonds is 4. The molecule has 0 bridgehead atoms. The molecule has 2 N–H and O–H groups in total. The Kier molecular flexibility index (Phi) is 5.12. The second-order valence-electron chi connectivity index (χ2n) is 6.45. The molecule has 130 valence electrons. The second-order valence-corrected chi connectivity index (χ2v) is 6.45. The first-order valence-electron chi connectivity index (χ1n) is 7.99. The number of carbonyl (C=O) groups is 2. The lowest BCUT2D eigenvalue weighted by Gasteiger charge is -2.11. The molecule has 2 rings (SSSR count). The van der Waals surface area contributed by atoms with Crippen molar-refractivity contribution in [3.63, 3.8) is 0 Å². The number of aromatic carboxylic acids is 2. The zero-order chi connectivity index (χ0) is 18.9. The van der Waals surface area contributed by atoms with Gasteiger partial charge in [-0.15, -0.1) is 0 Å². The number of aryl methyl sites for hydroxylation is 4. The molecule has 0 aromatic heterocycles. The fourth-order valence-electron chi connectivity index (χ4n) is 3.28. The van der Waals surface area contributed by atoms with Crippen LogP contribution < -0.4 is 0 Å². The minimum atomic E-state index is -0.919. The smallest absolute Gasteiger partial charge is 0.336 e. The van der Waals surface area contributed by atoms with Gasteiger partial charge < -0.3 is 10.2 Å². The van der Waals surface area contributed by atoms with Gasteiger partial charge in [-0.05, 0) is 73.6 Å². The zero-order valence-electron chi connectivity index (χ0n) is 15.1. The fourth-order valence-corrected chi connectivity index (χ4v) is 3.28. The molecule has 0 aliphatic heterocycles. The van der Waals surface area contributed by atoms with E-state index in [0.29, 0.717) is 11.1 Å². The summed E-state index contributed by atoms with van der Waals surface area (Å²) in [5.41, 5.74) is 6.45. The summed E-state index contributed by atoms with van der Waals surface area (Å²) >= 11 is 0. The van der Waals surface area contributed by atoms with E-state index < -0.39 is 11.9 Å². The van der Waals surface area contributed by atoms with Gasteiger partial charge in [0.05, 0.1) is 11.1 Å².